The minimum absolute atomic E-state index is 0.148. The Kier molecular flexibility index (Phi) is 8.31. The van der Waals surface area contributed by atoms with Gasteiger partial charge in [-0.3, -0.25) is 20.4 Å². The number of ether oxygens (including phenoxy) is 1. The number of hydrogen-bond donors (Lipinski definition) is 3. The van der Waals surface area contributed by atoms with E-state index in [0.717, 1.165) is 32.4 Å². The molecule has 4 rings (SSSR count). The zero-order chi connectivity index (χ0) is 27.4. The molecule has 0 atom stereocenters. The van der Waals surface area contributed by atoms with Crippen LogP contribution >= 0.6 is 0 Å². The van der Waals surface area contributed by atoms with E-state index in [4.69, 9.17) is 15.0 Å². The molecule has 0 unspecified atom stereocenters. The molecule has 3 aromatic rings. The van der Waals surface area contributed by atoms with Crippen LogP contribution in [0.5, 0.6) is 5.88 Å². The quantitative estimate of drug-likeness (QED) is 0.256. The Balaban J connectivity index is 1.67. The molecule has 204 valence electrons. The zero-order valence-corrected chi connectivity index (χ0v) is 22.9. The van der Waals surface area contributed by atoms with Crippen molar-refractivity contribution in [2.24, 2.45) is 5.84 Å². The third kappa shape index (κ3) is 6.30. The number of hydrazine groups is 1. The highest BCUT2D eigenvalue weighted by molar-refractivity contribution is 7.92. The number of nitrogens with zero attached hydrogens (tertiary/aromatic N) is 5. The van der Waals surface area contributed by atoms with E-state index in [9.17, 15) is 8.42 Å². The monoisotopic (exact) mass is 542 g/mol. The van der Waals surface area contributed by atoms with Crippen LogP contribution in [0.4, 0.5) is 11.4 Å². The number of nitrogens with two attached hydrogens (primary N) is 1. The molecule has 1 saturated heterocycles. The van der Waals surface area contributed by atoms with Crippen LogP contribution in [0.1, 0.15) is 25.3 Å². The molecule has 1 fully saturated rings. The first-order valence-electron chi connectivity index (χ1n) is 12.2. The topological polar surface area (TPSA) is 152 Å². The summed E-state index contributed by atoms with van der Waals surface area (Å²) in [4.78, 5) is 9.01. The van der Waals surface area contributed by atoms with Gasteiger partial charge in [0.1, 0.15) is 5.69 Å². The molecule has 2 aromatic heterocycles. The number of piperazine rings is 1. The lowest BCUT2D eigenvalue weighted by atomic mass is 9.97. The number of anilines is 2. The maximum atomic E-state index is 11.9. The second-order valence-corrected chi connectivity index (χ2v) is 11.1. The molecule has 38 heavy (non-hydrogen) atoms. The summed E-state index contributed by atoms with van der Waals surface area (Å²) in [6.45, 7) is 12.8. The third-order valence-corrected chi connectivity index (χ3v) is 7.00. The Morgan fingerprint density at radius 1 is 1.16 bits per heavy atom. The zero-order valence-electron chi connectivity index (χ0n) is 22.1. The molecule has 0 radical (unpaired) electrons. The number of pyridine rings is 1. The van der Waals surface area contributed by atoms with Crippen LogP contribution in [-0.4, -0.2) is 79.0 Å². The van der Waals surface area contributed by atoms with Gasteiger partial charge < -0.3 is 14.6 Å². The van der Waals surface area contributed by atoms with Gasteiger partial charge in [0, 0.05) is 55.1 Å². The lowest BCUT2D eigenvalue weighted by Gasteiger charge is -2.36. The minimum atomic E-state index is -3.56. The highest BCUT2D eigenvalue weighted by Gasteiger charge is 2.22. The van der Waals surface area contributed by atoms with Crippen molar-refractivity contribution in [3.8, 4) is 28.5 Å². The number of aromatic nitrogens is 3. The lowest BCUT2D eigenvalue weighted by molar-refractivity contribution is 0.0979. The molecule has 12 nitrogen and oxygen atoms in total. The van der Waals surface area contributed by atoms with Gasteiger partial charge in [0.25, 0.3) is 0 Å². The van der Waals surface area contributed by atoms with Gasteiger partial charge >= 0.3 is 0 Å². The minimum Gasteiger partial charge on any atom is -0.480 e. The van der Waals surface area contributed by atoms with Crippen LogP contribution in [0, 0.1) is 0 Å². The molecular weight excluding hydrogens is 508 g/mol. The number of nitrogen functional groups attached to an aromatic ring is 1. The molecule has 1 aromatic carbocycles. The Bertz CT molecular complexity index is 1400. The molecule has 0 saturated carbocycles. The Morgan fingerprint density at radius 3 is 2.47 bits per heavy atom. The van der Waals surface area contributed by atoms with Gasteiger partial charge in [0.2, 0.25) is 27.7 Å². The van der Waals surface area contributed by atoms with E-state index in [2.05, 4.69) is 55.6 Å². The van der Waals surface area contributed by atoms with E-state index in [1.54, 1.807) is 24.4 Å². The molecule has 4 N–H and O–H groups in total. The van der Waals surface area contributed by atoms with Crippen LogP contribution in [0.3, 0.4) is 0 Å². The highest BCUT2D eigenvalue weighted by atomic mass is 32.2. The number of benzene rings is 1. The summed E-state index contributed by atoms with van der Waals surface area (Å²) in [6, 6.07) is 5.82. The average molecular weight is 543 g/mol. The van der Waals surface area contributed by atoms with Crippen LogP contribution in [0.15, 0.2) is 35.4 Å². The van der Waals surface area contributed by atoms with Crippen molar-refractivity contribution in [1.82, 2.24) is 25.0 Å². The van der Waals surface area contributed by atoms with Gasteiger partial charge in [0.15, 0.2) is 0 Å². The Morgan fingerprint density at radius 2 is 1.87 bits per heavy atom. The normalized spacial score (nSPS) is 15.0. The van der Waals surface area contributed by atoms with Crippen LogP contribution in [0.25, 0.3) is 28.7 Å². The first kappa shape index (κ1) is 27.5. The van der Waals surface area contributed by atoms with Gasteiger partial charge in [-0.2, -0.15) is 0 Å². The van der Waals surface area contributed by atoms with E-state index in [-0.39, 0.29) is 11.6 Å². The predicted molar refractivity (Wildman–Crippen MR) is 148 cm³/mol. The van der Waals surface area contributed by atoms with Crippen LogP contribution in [-0.2, 0) is 16.6 Å². The molecule has 1 aliphatic rings. The van der Waals surface area contributed by atoms with Gasteiger partial charge in [-0.05, 0) is 37.6 Å². The van der Waals surface area contributed by atoms with Crippen molar-refractivity contribution < 1.29 is 17.6 Å². The summed E-state index contributed by atoms with van der Waals surface area (Å²) < 4.78 is 37.5. The number of rotatable bonds is 10. The van der Waals surface area contributed by atoms with Gasteiger partial charge in [-0.25, -0.2) is 13.4 Å². The van der Waals surface area contributed by atoms with Crippen molar-refractivity contribution in [1.29, 1.82) is 0 Å². The van der Waals surface area contributed by atoms with Crippen LogP contribution in [0.2, 0.25) is 0 Å². The average Bonchev–Trinajstić information content (AvgIpc) is 3.35. The van der Waals surface area contributed by atoms with Crippen molar-refractivity contribution in [3.05, 3.63) is 42.4 Å². The fraction of sp³-hybridized carbons (Fsp3) is 0.400. The molecule has 3 heterocycles. The van der Waals surface area contributed by atoms with E-state index < -0.39 is 10.0 Å². The molecule has 13 heteroatoms. The molecule has 0 amide bonds. The fourth-order valence-corrected chi connectivity index (χ4v) is 4.98. The summed E-state index contributed by atoms with van der Waals surface area (Å²) >= 11 is 0. The summed E-state index contributed by atoms with van der Waals surface area (Å²) in [7, 11) is -2.14. The fourth-order valence-electron chi connectivity index (χ4n) is 4.44. The number of nitrogens with one attached hydrogen (secondary N) is 2. The van der Waals surface area contributed by atoms with Gasteiger partial charge in [-0.15, -0.1) is 10.2 Å². The second kappa shape index (κ2) is 11.5. The van der Waals surface area contributed by atoms with Gasteiger partial charge in [-0.1, -0.05) is 12.7 Å². The van der Waals surface area contributed by atoms with Crippen molar-refractivity contribution >= 4 is 27.5 Å². The predicted octanol–water partition coefficient (Wildman–Crippen LogP) is 2.63. The van der Waals surface area contributed by atoms with Gasteiger partial charge in [0.05, 0.1) is 25.6 Å². The first-order valence-corrected chi connectivity index (χ1v) is 14.1. The summed E-state index contributed by atoms with van der Waals surface area (Å²) in [5.74, 6) is 6.83. The SMILES string of the molecule is C=Cc1c(NN)cc(-c2cnc(OC)c(NS(C)(=O)=O)c2)cc1-c1nnc(CN2CCN(C(C)C)CC2)o1. The van der Waals surface area contributed by atoms with E-state index >= 15 is 0 Å². The largest absolute Gasteiger partial charge is 0.480 e. The third-order valence-electron chi connectivity index (χ3n) is 6.41. The van der Waals surface area contributed by atoms with E-state index in [1.807, 2.05) is 6.07 Å². The standard InChI is InChI=1S/C25H34N8O4S/c1-6-19-20(24-30-29-23(37-24)15-32-7-9-33(10-8-32)16(2)3)11-17(12-21(19)28-26)18-13-22(31-38(5,34)35)25(36-4)27-14-18/h6,11-14,16,28,31H,1,7-10,15,26H2,2-5H3. The summed E-state index contributed by atoms with van der Waals surface area (Å²) in [6.07, 6.45) is 4.30. The molecule has 0 bridgehead atoms. The molecule has 0 spiro atoms. The highest BCUT2D eigenvalue weighted by Crippen LogP contribution is 2.37. The maximum absolute atomic E-state index is 11.9. The van der Waals surface area contributed by atoms with E-state index in [1.165, 1.54) is 7.11 Å². The second-order valence-electron chi connectivity index (χ2n) is 9.40. The molecule has 1 aliphatic heterocycles. The van der Waals surface area contributed by atoms with E-state index in [0.29, 0.717) is 52.3 Å². The Hall–Kier alpha value is -3.52. The van der Waals surface area contributed by atoms with Crippen molar-refractivity contribution in [2.45, 2.75) is 26.4 Å². The molecular formula is C25H34N8O4S. The smallest absolute Gasteiger partial charge is 0.248 e. The summed E-state index contributed by atoms with van der Waals surface area (Å²) in [5, 5.41) is 8.60. The summed E-state index contributed by atoms with van der Waals surface area (Å²) in [5.41, 5.74) is 6.11. The van der Waals surface area contributed by atoms with Crippen molar-refractivity contribution in [2.75, 3.05) is 49.7 Å². The first-order chi connectivity index (χ1) is 18.1. The maximum Gasteiger partial charge on any atom is 0.248 e. The lowest BCUT2D eigenvalue weighted by Crippen LogP contribution is -2.48. The van der Waals surface area contributed by atoms with Crippen molar-refractivity contribution in [3.63, 3.8) is 0 Å². The van der Waals surface area contributed by atoms with Crippen LogP contribution < -0.4 is 20.7 Å². The Labute approximate surface area is 222 Å². The number of methoxy groups -OCH3 is 1. The number of hydrogen-bond acceptors (Lipinski definition) is 11. The molecule has 0 aliphatic carbocycles. The number of sulfonamides is 1.